The van der Waals surface area contributed by atoms with Crippen molar-refractivity contribution >= 4 is 44.2 Å². The Morgan fingerprint density at radius 2 is 2.30 bits per heavy atom. The minimum Gasteiger partial charge on any atom is -0.466 e. The van der Waals surface area contributed by atoms with E-state index in [1.54, 1.807) is 0 Å². The van der Waals surface area contributed by atoms with Crippen molar-refractivity contribution in [1.82, 2.24) is 0 Å². The molecule has 1 fully saturated rings. The van der Waals surface area contributed by atoms with Crippen LogP contribution in [0.25, 0.3) is 0 Å². The number of nitrogens with zero attached hydrogens (tertiary/aromatic N) is 1. The second-order valence-electron chi connectivity index (χ2n) is 5.33. The van der Waals surface area contributed by atoms with Crippen molar-refractivity contribution < 1.29 is 8.95 Å². The molecule has 0 bridgehead atoms. The quantitative estimate of drug-likeness (QED) is 0.758. The van der Waals surface area contributed by atoms with E-state index in [9.17, 15) is 4.21 Å². The molecule has 20 heavy (non-hydrogen) atoms. The first kappa shape index (κ1) is 14.6. The van der Waals surface area contributed by atoms with Gasteiger partial charge in [-0.3, -0.25) is 4.21 Å². The third-order valence-corrected chi connectivity index (χ3v) is 6.94. The van der Waals surface area contributed by atoms with Gasteiger partial charge in [0.05, 0.1) is 11.0 Å². The normalized spacial score (nSPS) is 28.2. The van der Waals surface area contributed by atoms with E-state index in [1.165, 1.54) is 0 Å². The zero-order chi connectivity index (χ0) is 14.3. The fourth-order valence-electron chi connectivity index (χ4n) is 2.43. The van der Waals surface area contributed by atoms with Crippen LogP contribution < -0.4 is 4.74 Å². The van der Waals surface area contributed by atoms with E-state index in [0.717, 1.165) is 38.8 Å². The van der Waals surface area contributed by atoms with Gasteiger partial charge in [-0.15, -0.1) is 0 Å². The van der Waals surface area contributed by atoms with E-state index in [0.29, 0.717) is 0 Å². The Kier molecular flexibility index (Phi) is 3.99. The van der Waals surface area contributed by atoms with Gasteiger partial charge in [0, 0.05) is 38.1 Å². The fraction of sp³-hybridized carbons (Fsp3) is 0.500. The summed E-state index contributed by atoms with van der Waals surface area (Å²) >= 11 is 5.35. The highest BCUT2D eigenvalue weighted by atomic mass is 79.9. The molecule has 0 aliphatic carbocycles. The van der Waals surface area contributed by atoms with Crippen LogP contribution in [0.3, 0.4) is 0 Å². The van der Waals surface area contributed by atoms with Crippen LogP contribution in [0.1, 0.15) is 19.4 Å². The summed E-state index contributed by atoms with van der Waals surface area (Å²) in [5.74, 6) is 3.42. The van der Waals surface area contributed by atoms with Gasteiger partial charge in [-0.05, 0) is 32.0 Å². The first-order valence-electron chi connectivity index (χ1n) is 6.50. The molecule has 2 unspecified atom stereocenters. The van der Waals surface area contributed by atoms with Gasteiger partial charge in [0.1, 0.15) is 5.75 Å². The molecule has 6 heteroatoms. The summed E-state index contributed by atoms with van der Waals surface area (Å²) in [4.78, 5) is 4.74. The summed E-state index contributed by atoms with van der Waals surface area (Å²) in [6.45, 7) is 3.88. The van der Waals surface area contributed by atoms with Crippen LogP contribution in [-0.2, 0) is 10.8 Å². The molecule has 0 N–H and O–H groups in total. The first-order chi connectivity index (χ1) is 9.46. The maximum atomic E-state index is 12.4. The fourth-order valence-corrected chi connectivity index (χ4v) is 6.07. The Morgan fingerprint density at radius 3 is 3.05 bits per heavy atom. The van der Waals surface area contributed by atoms with Crippen LogP contribution in [0.2, 0.25) is 0 Å². The van der Waals surface area contributed by atoms with Crippen LogP contribution in [0.4, 0.5) is 0 Å². The molecule has 0 radical (unpaired) electrons. The lowest BCUT2D eigenvalue weighted by Crippen LogP contribution is -2.41. The highest BCUT2D eigenvalue weighted by Crippen LogP contribution is 2.35. The van der Waals surface area contributed by atoms with Gasteiger partial charge in [-0.2, -0.15) is 11.8 Å². The Labute approximate surface area is 134 Å². The molecule has 108 valence electrons. The van der Waals surface area contributed by atoms with Crippen LogP contribution in [0.15, 0.2) is 27.7 Å². The number of ether oxygens (including phenoxy) is 1. The predicted molar refractivity (Wildman–Crippen MR) is 89.5 cm³/mol. The van der Waals surface area contributed by atoms with Gasteiger partial charge in [-0.25, -0.2) is 4.99 Å². The van der Waals surface area contributed by atoms with Gasteiger partial charge >= 0.3 is 0 Å². The second-order valence-corrected chi connectivity index (χ2v) is 9.14. The number of halogens is 1. The zero-order valence-corrected chi connectivity index (χ0v) is 14.6. The number of benzene rings is 1. The maximum Gasteiger partial charge on any atom is 0.194 e. The molecule has 2 aliphatic rings. The predicted octanol–water partition coefficient (Wildman–Crippen LogP) is 3.23. The monoisotopic (exact) mass is 373 g/mol. The lowest BCUT2D eigenvalue weighted by atomic mass is 10.0. The summed E-state index contributed by atoms with van der Waals surface area (Å²) < 4.78 is 19.3. The maximum absolute atomic E-state index is 12.4. The molecule has 0 saturated carbocycles. The number of hydrogen-bond acceptors (Lipinski definition) is 4. The SMILES string of the molecule is CC1(C)N=C(C2CSCCS2=O)c2cc(Br)ccc2O1. The molecular weight excluding hydrogens is 358 g/mol. The van der Waals surface area contributed by atoms with Gasteiger partial charge in [0.2, 0.25) is 0 Å². The molecule has 3 rings (SSSR count). The Hall–Kier alpha value is -0.330. The van der Waals surface area contributed by atoms with E-state index in [-0.39, 0.29) is 5.25 Å². The lowest BCUT2D eigenvalue weighted by Gasteiger charge is -2.33. The summed E-state index contributed by atoms with van der Waals surface area (Å²) in [5.41, 5.74) is 1.31. The second kappa shape index (κ2) is 5.46. The van der Waals surface area contributed by atoms with Crippen molar-refractivity contribution in [3.63, 3.8) is 0 Å². The van der Waals surface area contributed by atoms with Crippen molar-refractivity contribution in [2.75, 3.05) is 17.3 Å². The van der Waals surface area contributed by atoms with Crippen LogP contribution in [0, 0.1) is 0 Å². The Balaban J connectivity index is 2.09. The number of rotatable bonds is 1. The zero-order valence-electron chi connectivity index (χ0n) is 11.4. The van der Waals surface area contributed by atoms with E-state index in [2.05, 4.69) is 15.9 Å². The van der Waals surface area contributed by atoms with Crippen LogP contribution in [-0.4, -0.2) is 38.2 Å². The molecule has 1 aromatic carbocycles. The molecule has 1 saturated heterocycles. The van der Waals surface area contributed by atoms with Crippen molar-refractivity contribution in [3.05, 3.63) is 28.2 Å². The molecule has 0 spiro atoms. The molecule has 3 nitrogen and oxygen atoms in total. The molecular formula is C14H16BrNO2S2. The van der Waals surface area contributed by atoms with Crippen LogP contribution >= 0.6 is 27.7 Å². The summed E-state index contributed by atoms with van der Waals surface area (Å²) in [6, 6.07) is 5.93. The van der Waals surface area contributed by atoms with Crippen molar-refractivity contribution in [2.45, 2.75) is 24.8 Å². The highest BCUT2D eigenvalue weighted by Gasteiger charge is 2.35. The van der Waals surface area contributed by atoms with Crippen LogP contribution in [0.5, 0.6) is 5.75 Å². The third-order valence-electron chi connectivity index (χ3n) is 3.29. The number of fused-ring (bicyclic) bond motifs is 1. The van der Waals surface area contributed by atoms with E-state index < -0.39 is 16.5 Å². The standard InChI is InChI=1S/C14H16BrNO2S2/c1-14(2)16-13(12-8-19-5-6-20(12)17)10-7-9(15)3-4-11(10)18-14/h3-4,7,12H,5-6,8H2,1-2H3. The third kappa shape index (κ3) is 2.83. The molecule has 2 atom stereocenters. The molecule has 2 heterocycles. The highest BCUT2D eigenvalue weighted by molar-refractivity contribution is 9.10. The minimum atomic E-state index is -0.845. The largest absolute Gasteiger partial charge is 0.466 e. The van der Waals surface area contributed by atoms with Crippen molar-refractivity contribution in [3.8, 4) is 5.75 Å². The average molecular weight is 374 g/mol. The minimum absolute atomic E-state index is 0.00461. The summed E-state index contributed by atoms with van der Waals surface area (Å²) in [7, 11) is -0.845. The van der Waals surface area contributed by atoms with Crippen molar-refractivity contribution in [2.24, 2.45) is 4.99 Å². The first-order valence-corrected chi connectivity index (χ1v) is 9.83. The van der Waals surface area contributed by atoms with Gasteiger partial charge in [0.15, 0.2) is 5.72 Å². The topological polar surface area (TPSA) is 38.7 Å². The Morgan fingerprint density at radius 1 is 1.50 bits per heavy atom. The summed E-state index contributed by atoms with van der Waals surface area (Å²) in [6.07, 6.45) is 0. The lowest BCUT2D eigenvalue weighted by molar-refractivity contribution is 0.115. The van der Waals surface area contributed by atoms with Gasteiger partial charge in [-0.1, -0.05) is 15.9 Å². The van der Waals surface area contributed by atoms with E-state index in [1.807, 2.05) is 43.8 Å². The molecule has 2 aliphatic heterocycles. The van der Waals surface area contributed by atoms with E-state index >= 15 is 0 Å². The molecule has 1 aromatic rings. The van der Waals surface area contributed by atoms with E-state index in [4.69, 9.17) is 9.73 Å². The van der Waals surface area contributed by atoms with Gasteiger partial charge < -0.3 is 4.74 Å². The number of thioether (sulfide) groups is 1. The number of aliphatic imine (C=N–C) groups is 1. The average Bonchev–Trinajstić information content (AvgIpc) is 2.38. The molecule has 0 aromatic heterocycles. The molecule has 0 amide bonds. The summed E-state index contributed by atoms with van der Waals surface area (Å²) in [5, 5.41) is 0.00461. The Bertz CT molecular complexity index is 601. The van der Waals surface area contributed by atoms with Gasteiger partial charge in [0.25, 0.3) is 0 Å². The smallest absolute Gasteiger partial charge is 0.194 e. The number of hydrogen-bond donors (Lipinski definition) is 0. The van der Waals surface area contributed by atoms with Crippen molar-refractivity contribution in [1.29, 1.82) is 0 Å².